The van der Waals surface area contributed by atoms with Crippen LogP contribution in [0.3, 0.4) is 0 Å². The van der Waals surface area contributed by atoms with Gasteiger partial charge in [-0.1, -0.05) is 13.3 Å². The maximum absolute atomic E-state index is 12.9. The molecule has 1 fully saturated rings. The molecule has 0 aliphatic heterocycles. The third-order valence-corrected chi connectivity index (χ3v) is 2.87. The van der Waals surface area contributed by atoms with Crippen molar-refractivity contribution in [1.82, 2.24) is 0 Å². The zero-order valence-electron chi connectivity index (χ0n) is 7.57. The van der Waals surface area contributed by atoms with Gasteiger partial charge in [0.15, 0.2) is 0 Å². The van der Waals surface area contributed by atoms with Crippen LogP contribution in [0.1, 0.15) is 32.6 Å². The summed E-state index contributed by atoms with van der Waals surface area (Å²) in [5.41, 5.74) is 0. The van der Waals surface area contributed by atoms with Gasteiger partial charge < -0.3 is 0 Å². The molecule has 13 heavy (non-hydrogen) atoms. The normalized spacial score (nSPS) is 36.2. The lowest BCUT2D eigenvalue weighted by molar-refractivity contribution is -0.202. The van der Waals surface area contributed by atoms with Gasteiger partial charge in [-0.15, -0.1) is 0 Å². The molecule has 0 aromatic heterocycles. The minimum Gasteiger partial charge on any atom is -0.247 e. The zero-order valence-corrected chi connectivity index (χ0v) is 7.57. The predicted molar refractivity (Wildman–Crippen MR) is 42.1 cm³/mol. The van der Waals surface area contributed by atoms with Crippen molar-refractivity contribution in [3.63, 3.8) is 0 Å². The molecule has 0 amide bonds. The smallest absolute Gasteiger partial charge is 0.247 e. The summed E-state index contributed by atoms with van der Waals surface area (Å²) in [5.74, 6) is -1.66. The minimum atomic E-state index is -4.35. The van der Waals surface area contributed by atoms with Crippen molar-refractivity contribution in [2.75, 3.05) is 0 Å². The van der Waals surface area contributed by atoms with Crippen molar-refractivity contribution in [2.45, 2.75) is 45.0 Å². The molecule has 0 aromatic carbocycles. The Morgan fingerprint density at radius 1 is 1.23 bits per heavy atom. The summed E-state index contributed by atoms with van der Waals surface area (Å²) in [6, 6.07) is 0. The van der Waals surface area contributed by atoms with Crippen molar-refractivity contribution < 1.29 is 17.6 Å². The summed E-state index contributed by atoms with van der Waals surface area (Å²) >= 11 is 0. The predicted octanol–water partition coefficient (Wildman–Crippen LogP) is 3.71. The summed E-state index contributed by atoms with van der Waals surface area (Å²) in [7, 11) is 0. The van der Waals surface area contributed by atoms with Gasteiger partial charge >= 0.3 is 6.18 Å². The zero-order chi connectivity index (χ0) is 10.1. The highest BCUT2D eigenvalue weighted by atomic mass is 19.4. The fourth-order valence-electron chi connectivity index (χ4n) is 1.93. The molecule has 0 radical (unpaired) electrons. The van der Waals surface area contributed by atoms with Gasteiger partial charge in [-0.3, -0.25) is 0 Å². The molecule has 1 rings (SSSR count). The molecule has 2 unspecified atom stereocenters. The van der Waals surface area contributed by atoms with Crippen LogP contribution < -0.4 is 0 Å². The third kappa shape index (κ3) is 2.58. The second-order valence-electron chi connectivity index (χ2n) is 3.75. The van der Waals surface area contributed by atoms with Crippen LogP contribution in [0.2, 0.25) is 0 Å². The minimum absolute atomic E-state index is 0.0266. The van der Waals surface area contributed by atoms with E-state index in [2.05, 4.69) is 0 Å². The van der Waals surface area contributed by atoms with E-state index in [4.69, 9.17) is 0 Å². The Hall–Kier alpha value is -0.280. The van der Waals surface area contributed by atoms with E-state index in [-0.39, 0.29) is 18.8 Å². The summed E-state index contributed by atoms with van der Waals surface area (Å²) in [4.78, 5) is 0. The molecule has 0 N–H and O–H groups in total. The number of hydrogen-bond acceptors (Lipinski definition) is 0. The van der Waals surface area contributed by atoms with Crippen LogP contribution in [0, 0.1) is 11.8 Å². The Labute approximate surface area is 75.3 Å². The van der Waals surface area contributed by atoms with Gasteiger partial charge in [-0.25, -0.2) is 4.39 Å². The average Bonchev–Trinajstić information content (AvgIpc) is 2.03. The molecule has 0 spiro atoms. The molecular weight excluding hydrogens is 184 g/mol. The van der Waals surface area contributed by atoms with Gasteiger partial charge in [0.25, 0.3) is 0 Å². The van der Waals surface area contributed by atoms with Gasteiger partial charge in [0, 0.05) is 0 Å². The first kappa shape index (κ1) is 10.8. The largest absolute Gasteiger partial charge is 0.394 e. The van der Waals surface area contributed by atoms with Gasteiger partial charge in [-0.05, 0) is 25.2 Å². The van der Waals surface area contributed by atoms with Gasteiger partial charge in [0.1, 0.15) is 6.17 Å². The molecule has 1 saturated carbocycles. The van der Waals surface area contributed by atoms with Crippen molar-refractivity contribution in [3.8, 4) is 0 Å². The highest BCUT2D eigenvalue weighted by molar-refractivity contribution is 4.83. The molecule has 3 atom stereocenters. The maximum atomic E-state index is 12.9. The Morgan fingerprint density at radius 2 is 1.85 bits per heavy atom. The molecule has 1 aliphatic rings. The second kappa shape index (κ2) is 3.84. The fraction of sp³-hybridized carbons (Fsp3) is 1.00. The van der Waals surface area contributed by atoms with Crippen LogP contribution in [0.5, 0.6) is 0 Å². The highest BCUT2D eigenvalue weighted by Crippen LogP contribution is 2.42. The molecule has 0 saturated heterocycles. The second-order valence-corrected chi connectivity index (χ2v) is 3.75. The van der Waals surface area contributed by atoms with Gasteiger partial charge in [0.2, 0.25) is 0 Å². The molecule has 0 aromatic rings. The van der Waals surface area contributed by atoms with E-state index < -0.39 is 18.3 Å². The SMILES string of the molecule is CCC1CCC(F)[C@@H](C(F)(F)F)C1. The van der Waals surface area contributed by atoms with Crippen molar-refractivity contribution in [3.05, 3.63) is 0 Å². The standard InChI is InChI=1S/C9H14F4/c1-2-6-3-4-8(10)7(5-6)9(11,12)13/h6-8H,2-5H2,1H3/t6?,7-,8?/m0/s1. The van der Waals surface area contributed by atoms with Crippen LogP contribution in [0.15, 0.2) is 0 Å². The maximum Gasteiger partial charge on any atom is 0.394 e. The molecule has 78 valence electrons. The first-order valence-electron chi connectivity index (χ1n) is 4.66. The number of halogens is 4. The first-order valence-corrected chi connectivity index (χ1v) is 4.66. The van der Waals surface area contributed by atoms with E-state index in [1.807, 2.05) is 6.92 Å². The lowest BCUT2D eigenvalue weighted by atomic mass is 9.79. The molecular formula is C9H14F4. The topological polar surface area (TPSA) is 0 Å². The van der Waals surface area contributed by atoms with Crippen LogP contribution in [-0.2, 0) is 0 Å². The summed E-state index contributed by atoms with van der Waals surface area (Å²) < 4.78 is 49.7. The average molecular weight is 198 g/mol. The van der Waals surface area contributed by atoms with Crippen LogP contribution in [0.4, 0.5) is 17.6 Å². The molecule has 1 aliphatic carbocycles. The molecule has 0 heterocycles. The number of rotatable bonds is 1. The number of alkyl halides is 4. The van der Waals surface area contributed by atoms with E-state index in [9.17, 15) is 17.6 Å². The fourth-order valence-corrected chi connectivity index (χ4v) is 1.93. The summed E-state index contributed by atoms with van der Waals surface area (Å²) in [6.07, 6.45) is -4.66. The Morgan fingerprint density at radius 3 is 2.31 bits per heavy atom. The van der Waals surface area contributed by atoms with Crippen molar-refractivity contribution in [2.24, 2.45) is 11.8 Å². The monoisotopic (exact) mass is 198 g/mol. The van der Waals surface area contributed by atoms with Crippen molar-refractivity contribution >= 4 is 0 Å². The van der Waals surface area contributed by atoms with E-state index in [0.717, 1.165) is 6.42 Å². The van der Waals surface area contributed by atoms with Gasteiger partial charge in [-0.2, -0.15) is 13.2 Å². The number of hydrogen-bond donors (Lipinski definition) is 0. The summed E-state index contributed by atoms with van der Waals surface area (Å²) in [6.45, 7) is 1.86. The Kier molecular flexibility index (Phi) is 3.19. The lowest BCUT2D eigenvalue weighted by Gasteiger charge is -2.32. The van der Waals surface area contributed by atoms with Crippen molar-refractivity contribution in [1.29, 1.82) is 0 Å². The Balaban J connectivity index is 2.60. The van der Waals surface area contributed by atoms with E-state index in [1.54, 1.807) is 0 Å². The first-order chi connectivity index (χ1) is 5.95. The van der Waals surface area contributed by atoms with E-state index in [0.29, 0.717) is 6.42 Å². The van der Waals surface area contributed by atoms with Crippen LogP contribution >= 0.6 is 0 Å². The van der Waals surface area contributed by atoms with Crippen LogP contribution in [0.25, 0.3) is 0 Å². The molecule has 0 nitrogen and oxygen atoms in total. The van der Waals surface area contributed by atoms with Crippen LogP contribution in [-0.4, -0.2) is 12.3 Å². The van der Waals surface area contributed by atoms with Gasteiger partial charge in [0.05, 0.1) is 5.92 Å². The third-order valence-electron chi connectivity index (χ3n) is 2.87. The lowest BCUT2D eigenvalue weighted by Crippen LogP contribution is -2.36. The van der Waals surface area contributed by atoms with E-state index in [1.165, 1.54) is 0 Å². The highest BCUT2D eigenvalue weighted by Gasteiger charge is 2.47. The molecule has 4 heteroatoms. The quantitative estimate of drug-likeness (QED) is 0.563. The van der Waals surface area contributed by atoms with E-state index >= 15 is 0 Å². The summed E-state index contributed by atoms with van der Waals surface area (Å²) in [5, 5.41) is 0. The molecule has 0 bridgehead atoms. The Bertz CT molecular complexity index is 163.